The zero-order chi connectivity index (χ0) is 17.6. The third kappa shape index (κ3) is 4.64. The van der Waals surface area contributed by atoms with Crippen LogP contribution in [0.2, 0.25) is 0 Å². The molecule has 1 unspecified atom stereocenters. The third-order valence-electron chi connectivity index (χ3n) is 3.68. The first-order valence-corrected chi connectivity index (χ1v) is 8.86. The van der Waals surface area contributed by atoms with Crippen molar-refractivity contribution < 1.29 is 19.0 Å². The number of nitrogens with zero attached hydrogens (tertiary/aromatic N) is 2. The molecule has 1 aliphatic rings. The number of H-pyrrole nitrogens is 1. The highest BCUT2D eigenvalue weighted by atomic mass is 32.2. The van der Waals surface area contributed by atoms with E-state index in [4.69, 9.17) is 14.2 Å². The van der Waals surface area contributed by atoms with Crippen molar-refractivity contribution in [2.45, 2.75) is 24.1 Å². The SMILES string of the molecule is COc1cc(NC(=O)CSc2n[nH]c(C3CCCO3)n2)cc(OC)c1. The van der Waals surface area contributed by atoms with E-state index in [1.54, 1.807) is 32.4 Å². The van der Waals surface area contributed by atoms with Gasteiger partial charge in [-0.05, 0) is 12.8 Å². The van der Waals surface area contributed by atoms with Gasteiger partial charge in [-0.15, -0.1) is 5.10 Å². The number of ether oxygens (including phenoxy) is 3. The molecule has 0 bridgehead atoms. The lowest BCUT2D eigenvalue weighted by Gasteiger charge is -2.09. The van der Waals surface area contributed by atoms with Gasteiger partial charge in [0.05, 0.1) is 20.0 Å². The summed E-state index contributed by atoms with van der Waals surface area (Å²) in [5.74, 6) is 1.97. The van der Waals surface area contributed by atoms with E-state index in [0.29, 0.717) is 22.3 Å². The van der Waals surface area contributed by atoms with Crippen LogP contribution in [0.5, 0.6) is 11.5 Å². The van der Waals surface area contributed by atoms with Crippen LogP contribution < -0.4 is 14.8 Å². The van der Waals surface area contributed by atoms with Crippen molar-refractivity contribution in [2.24, 2.45) is 0 Å². The molecule has 1 saturated heterocycles. The van der Waals surface area contributed by atoms with Crippen molar-refractivity contribution >= 4 is 23.4 Å². The molecule has 2 aromatic rings. The summed E-state index contributed by atoms with van der Waals surface area (Å²) in [6.07, 6.45) is 1.96. The first-order chi connectivity index (χ1) is 12.2. The van der Waals surface area contributed by atoms with Crippen molar-refractivity contribution in [2.75, 3.05) is 31.9 Å². The molecule has 0 aliphatic carbocycles. The van der Waals surface area contributed by atoms with E-state index in [1.165, 1.54) is 11.8 Å². The summed E-state index contributed by atoms with van der Waals surface area (Å²) >= 11 is 1.26. The number of methoxy groups -OCH3 is 2. The summed E-state index contributed by atoms with van der Waals surface area (Å²) < 4.78 is 15.9. The molecule has 1 fully saturated rings. The van der Waals surface area contributed by atoms with Gasteiger partial charge >= 0.3 is 0 Å². The molecule has 1 aromatic heterocycles. The Balaban J connectivity index is 1.54. The van der Waals surface area contributed by atoms with Gasteiger partial charge in [0.15, 0.2) is 5.82 Å². The highest BCUT2D eigenvalue weighted by Gasteiger charge is 2.21. The van der Waals surface area contributed by atoms with E-state index in [0.717, 1.165) is 25.3 Å². The first kappa shape index (κ1) is 17.6. The minimum atomic E-state index is -0.163. The van der Waals surface area contributed by atoms with E-state index < -0.39 is 0 Å². The Bertz CT molecular complexity index is 708. The lowest BCUT2D eigenvalue weighted by molar-refractivity contribution is -0.113. The van der Waals surface area contributed by atoms with Crippen LogP contribution in [0.1, 0.15) is 24.8 Å². The van der Waals surface area contributed by atoms with Crippen molar-refractivity contribution in [3.63, 3.8) is 0 Å². The minimum Gasteiger partial charge on any atom is -0.497 e. The second-order valence-corrected chi connectivity index (χ2v) is 6.39. The predicted octanol–water partition coefficient (Wildman–Crippen LogP) is 2.40. The molecule has 1 atom stereocenters. The van der Waals surface area contributed by atoms with Gasteiger partial charge in [-0.3, -0.25) is 9.89 Å². The predicted molar refractivity (Wildman–Crippen MR) is 93.2 cm³/mol. The third-order valence-corrected chi connectivity index (χ3v) is 4.53. The fourth-order valence-corrected chi connectivity index (χ4v) is 3.07. The normalized spacial score (nSPS) is 16.6. The molecule has 8 nitrogen and oxygen atoms in total. The lowest BCUT2D eigenvalue weighted by Crippen LogP contribution is -2.14. The maximum absolute atomic E-state index is 12.1. The number of hydrogen-bond donors (Lipinski definition) is 2. The number of thioether (sulfide) groups is 1. The van der Waals surface area contributed by atoms with E-state index >= 15 is 0 Å². The number of carbonyl (C=O) groups excluding carboxylic acids is 1. The summed E-state index contributed by atoms with van der Waals surface area (Å²) in [6, 6.07) is 5.20. The van der Waals surface area contributed by atoms with Gasteiger partial charge in [0.1, 0.15) is 17.6 Å². The summed E-state index contributed by atoms with van der Waals surface area (Å²) in [5.41, 5.74) is 0.608. The fraction of sp³-hybridized carbons (Fsp3) is 0.438. The highest BCUT2D eigenvalue weighted by molar-refractivity contribution is 7.99. The first-order valence-electron chi connectivity index (χ1n) is 7.87. The topological polar surface area (TPSA) is 98.4 Å². The van der Waals surface area contributed by atoms with Gasteiger partial charge < -0.3 is 19.5 Å². The molecule has 134 valence electrons. The summed E-state index contributed by atoms with van der Waals surface area (Å²) in [6.45, 7) is 0.750. The van der Waals surface area contributed by atoms with Gasteiger partial charge in [-0.1, -0.05) is 11.8 Å². The molecule has 1 aliphatic heterocycles. The quantitative estimate of drug-likeness (QED) is 0.728. The number of aromatic nitrogens is 3. The van der Waals surface area contributed by atoms with Crippen LogP contribution in [0.25, 0.3) is 0 Å². The fourth-order valence-electron chi connectivity index (χ4n) is 2.47. The number of amides is 1. The second kappa shape index (κ2) is 8.21. The van der Waals surface area contributed by atoms with Gasteiger partial charge in [-0.2, -0.15) is 0 Å². The van der Waals surface area contributed by atoms with Crippen LogP contribution in [0, 0.1) is 0 Å². The van der Waals surface area contributed by atoms with E-state index in [-0.39, 0.29) is 17.8 Å². The average Bonchev–Trinajstić information content (AvgIpc) is 3.30. The molecule has 25 heavy (non-hydrogen) atoms. The summed E-state index contributed by atoms with van der Waals surface area (Å²) in [5, 5.41) is 10.3. The molecule has 3 rings (SSSR count). The smallest absolute Gasteiger partial charge is 0.234 e. The maximum Gasteiger partial charge on any atom is 0.234 e. The van der Waals surface area contributed by atoms with Crippen LogP contribution in [0.3, 0.4) is 0 Å². The van der Waals surface area contributed by atoms with Crippen LogP contribution in [-0.4, -0.2) is 47.7 Å². The Hall–Kier alpha value is -2.26. The molecular formula is C16H20N4O4S. The van der Waals surface area contributed by atoms with Gasteiger partial charge in [0.2, 0.25) is 11.1 Å². The number of benzene rings is 1. The van der Waals surface area contributed by atoms with Crippen LogP contribution in [0.4, 0.5) is 5.69 Å². The zero-order valence-electron chi connectivity index (χ0n) is 14.1. The Morgan fingerprint density at radius 2 is 2.12 bits per heavy atom. The Morgan fingerprint density at radius 1 is 1.36 bits per heavy atom. The number of anilines is 1. The number of hydrogen-bond acceptors (Lipinski definition) is 7. The van der Waals surface area contributed by atoms with Crippen LogP contribution in [-0.2, 0) is 9.53 Å². The van der Waals surface area contributed by atoms with Gasteiger partial charge in [0.25, 0.3) is 0 Å². The van der Waals surface area contributed by atoms with E-state index in [1.807, 2.05) is 0 Å². The number of rotatable bonds is 7. The lowest BCUT2D eigenvalue weighted by atomic mass is 10.2. The summed E-state index contributed by atoms with van der Waals surface area (Å²) in [7, 11) is 3.12. The van der Waals surface area contributed by atoms with Crippen LogP contribution >= 0.6 is 11.8 Å². The van der Waals surface area contributed by atoms with Crippen LogP contribution in [0.15, 0.2) is 23.4 Å². The van der Waals surface area contributed by atoms with Crippen molar-refractivity contribution in [3.05, 3.63) is 24.0 Å². The minimum absolute atomic E-state index is 0.0140. The average molecular weight is 364 g/mol. The monoisotopic (exact) mass is 364 g/mol. The Morgan fingerprint density at radius 3 is 2.76 bits per heavy atom. The molecular weight excluding hydrogens is 344 g/mol. The molecule has 0 saturated carbocycles. The van der Waals surface area contributed by atoms with Crippen molar-refractivity contribution in [1.29, 1.82) is 0 Å². The zero-order valence-corrected chi connectivity index (χ0v) is 14.9. The van der Waals surface area contributed by atoms with Crippen molar-refractivity contribution in [3.8, 4) is 11.5 Å². The Kier molecular flexibility index (Phi) is 5.77. The maximum atomic E-state index is 12.1. The number of aromatic amines is 1. The molecule has 0 spiro atoms. The molecule has 2 heterocycles. The highest BCUT2D eigenvalue weighted by Crippen LogP contribution is 2.28. The number of nitrogens with one attached hydrogen (secondary N) is 2. The molecule has 2 N–H and O–H groups in total. The summed E-state index contributed by atoms with van der Waals surface area (Å²) in [4.78, 5) is 16.5. The van der Waals surface area contributed by atoms with E-state index in [2.05, 4.69) is 20.5 Å². The molecule has 1 amide bonds. The Labute approximate surface area is 149 Å². The van der Waals surface area contributed by atoms with Crippen molar-refractivity contribution in [1.82, 2.24) is 15.2 Å². The number of carbonyl (C=O) groups is 1. The van der Waals surface area contributed by atoms with Gasteiger partial charge in [0, 0.05) is 30.5 Å². The molecule has 9 heteroatoms. The molecule has 0 radical (unpaired) electrons. The largest absolute Gasteiger partial charge is 0.497 e. The second-order valence-electron chi connectivity index (χ2n) is 5.44. The standard InChI is InChI=1S/C16H20N4O4S/c1-22-11-6-10(7-12(8-11)23-2)17-14(21)9-25-16-18-15(19-20-16)13-4-3-5-24-13/h6-8,13H,3-5,9H2,1-2H3,(H,17,21)(H,18,19,20). The molecule has 1 aromatic carbocycles. The van der Waals surface area contributed by atoms with E-state index in [9.17, 15) is 4.79 Å². The van der Waals surface area contributed by atoms with Gasteiger partial charge in [-0.25, -0.2) is 4.98 Å².